The minimum Gasteiger partial charge on any atom is -0.433 e. The summed E-state index contributed by atoms with van der Waals surface area (Å²) in [5.41, 5.74) is 0.291. The van der Waals surface area contributed by atoms with Crippen LogP contribution in [0.25, 0.3) is 0 Å². The number of carbonyl (C=O) groups is 2. The van der Waals surface area contributed by atoms with Gasteiger partial charge in [0, 0.05) is 18.5 Å². The topological polar surface area (TPSA) is 105 Å². The predicted octanol–water partition coefficient (Wildman–Crippen LogP) is 2.05. The maximum absolute atomic E-state index is 12.4. The minimum absolute atomic E-state index is 0.0238. The second-order valence-corrected chi connectivity index (χ2v) is 8.96. The van der Waals surface area contributed by atoms with Crippen LogP contribution >= 0.6 is 11.6 Å². The molecule has 2 heterocycles. The molecule has 12 heteroatoms. The highest BCUT2D eigenvalue weighted by atomic mass is 35.5. The van der Waals surface area contributed by atoms with E-state index in [9.17, 15) is 26.8 Å². The van der Waals surface area contributed by atoms with Crippen LogP contribution in [0.5, 0.6) is 5.75 Å². The number of nitrogens with zero attached hydrogens (tertiary/aromatic N) is 2. The number of nitrogens with one attached hydrogen (secondary N) is 1. The first-order chi connectivity index (χ1) is 13.1. The first-order valence-corrected chi connectivity index (χ1v) is 10.5. The summed E-state index contributed by atoms with van der Waals surface area (Å²) in [7, 11) is -3.22. The molecule has 1 fully saturated rings. The van der Waals surface area contributed by atoms with E-state index in [0.717, 1.165) is 5.01 Å². The van der Waals surface area contributed by atoms with Crippen LogP contribution in [0.4, 0.5) is 14.5 Å². The Morgan fingerprint density at radius 2 is 2.11 bits per heavy atom. The summed E-state index contributed by atoms with van der Waals surface area (Å²) in [6, 6.07) is 3.18. The van der Waals surface area contributed by atoms with E-state index in [-0.39, 0.29) is 58.8 Å². The van der Waals surface area contributed by atoms with E-state index >= 15 is 0 Å². The van der Waals surface area contributed by atoms with Crippen molar-refractivity contribution in [2.75, 3.05) is 16.8 Å². The van der Waals surface area contributed by atoms with Crippen molar-refractivity contribution in [3.05, 3.63) is 23.2 Å². The van der Waals surface area contributed by atoms with Crippen molar-refractivity contribution in [1.29, 1.82) is 0 Å². The molecular weight excluding hydrogens is 420 g/mol. The Hall–Kier alpha value is -2.27. The van der Waals surface area contributed by atoms with Gasteiger partial charge in [0.15, 0.2) is 9.84 Å². The Bertz CT molecular complexity index is 938. The number of alkyl halides is 2. The molecule has 1 N–H and O–H groups in total. The van der Waals surface area contributed by atoms with Crippen LogP contribution in [0.2, 0.25) is 5.02 Å². The number of halogens is 3. The smallest absolute Gasteiger partial charge is 0.387 e. The van der Waals surface area contributed by atoms with Crippen LogP contribution < -0.4 is 10.1 Å². The molecule has 28 heavy (non-hydrogen) atoms. The van der Waals surface area contributed by atoms with Gasteiger partial charge in [-0.05, 0) is 24.6 Å². The van der Waals surface area contributed by atoms with Gasteiger partial charge >= 0.3 is 6.61 Å². The van der Waals surface area contributed by atoms with Gasteiger partial charge < -0.3 is 10.1 Å². The van der Waals surface area contributed by atoms with Gasteiger partial charge in [0.25, 0.3) is 5.91 Å². The molecule has 1 atom stereocenters. The molecule has 0 radical (unpaired) electrons. The van der Waals surface area contributed by atoms with Crippen LogP contribution in [0, 0.1) is 0 Å². The summed E-state index contributed by atoms with van der Waals surface area (Å²) in [5.74, 6) is -1.38. The Balaban J connectivity index is 1.72. The number of rotatable bonds is 5. The van der Waals surface area contributed by atoms with E-state index in [4.69, 9.17) is 11.6 Å². The number of anilines is 1. The van der Waals surface area contributed by atoms with Gasteiger partial charge in [-0.15, -0.1) is 0 Å². The van der Waals surface area contributed by atoms with Gasteiger partial charge in [-0.25, -0.2) is 13.4 Å². The molecule has 0 unspecified atom stereocenters. The summed E-state index contributed by atoms with van der Waals surface area (Å²) in [6.07, 6.45) is 0.402. The molecule has 0 saturated carbocycles. The normalized spacial score (nSPS) is 21.6. The van der Waals surface area contributed by atoms with E-state index in [1.807, 2.05) is 0 Å². The number of amides is 2. The lowest BCUT2D eigenvalue weighted by Gasteiger charge is -2.27. The third-order valence-corrected chi connectivity index (χ3v) is 6.33. The van der Waals surface area contributed by atoms with Crippen molar-refractivity contribution >= 4 is 44.7 Å². The highest BCUT2D eigenvalue weighted by molar-refractivity contribution is 7.91. The molecule has 152 valence electrons. The Kier molecular flexibility index (Phi) is 5.84. The summed E-state index contributed by atoms with van der Waals surface area (Å²) >= 11 is 5.85. The van der Waals surface area contributed by atoms with Crippen molar-refractivity contribution in [2.45, 2.75) is 31.9 Å². The summed E-state index contributed by atoms with van der Waals surface area (Å²) in [4.78, 5) is 24.5. The van der Waals surface area contributed by atoms with Gasteiger partial charge in [-0.1, -0.05) is 11.6 Å². The number of ether oxygens (including phenoxy) is 1. The SMILES string of the molecule is O=C(Nc1ccc(OC(F)F)c(Cl)c1)C1=NN([C@@H]2CCS(=O)(=O)C2)C(=O)CC1. The number of hydrazone groups is 1. The number of carbonyl (C=O) groups excluding carboxylic acids is 2. The number of hydrogen-bond donors (Lipinski definition) is 1. The maximum atomic E-state index is 12.4. The lowest BCUT2D eigenvalue weighted by molar-refractivity contribution is -0.133. The molecule has 2 amide bonds. The van der Waals surface area contributed by atoms with Gasteiger partial charge in [0.05, 0.1) is 22.6 Å². The van der Waals surface area contributed by atoms with Gasteiger partial charge in [-0.2, -0.15) is 13.9 Å². The van der Waals surface area contributed by atoms with Crippen LogP contribution in [-0.4, -0.2) is 55.1 Å². The van der Waals surface area contributed by atoms with E-state index in [1.165, 1.54) is 18.2 Å². The molecule has 1 saturated heterocycles. The average Bonchev–Trinajstić information content (AvgIpc) is 2.97. The Morgan fingerprint density at radius 1 is 1.36 bits per heavy atom. The third-order valence-electron chi connectivity index (χ3n) is 4.28. The molecule has 1 aromatic rings. The molecule has 0 spiro atoms. The molecule has 1 aromatic carbocycles. The van der Waals surface area contributed by atoms with E-state index < -0.39 is 28.4 Å². The van der Waals surface area contributed by atoms with E-state index in [2.05, 4.69) is 15.2 Å². The monoisotopic (exact) mass is 435 g/mol. The molecule has 8 nitrogen and oxygen atoms in total. The third kappa shape index (κ3) is 4.76. The summed E-state index contributed by atoms with van der Waals surface area (Å²) < 4.78 is 52.0. The zero-order chi connectivity index (χ0) is 20.5. The molecule has 0 bridgehead atoms. The second kappa shape index (κ2) is 8.00. The number of hydrogen-bond acceptors (Lipinski definition) is 6. The van der Waals surface area contributed by atoms with Crippen LogP contribution in [-0.2, 0) is 19.4 Å². The van der Waals surface area contributed by atoms with Crippen LogP contribution in [0.15, 0.2) is 23.3 Å². The van der Waals surface area contributed by atoms with Crippen molar-refractivity contribution in [1.82, 2.24) is 5.01 Å². The van der Waals surface area contributed by atoms with E-state index in [0.29, 0.717) is 0 Å². The van der Waals surface area contributed by atoms with Gasteiger partial charge in [0.1, 0.15) is 11.5 Å². The summed E-state index contributed by atoms with van der Waals surface area (Å²) in [6.45, 7) is -3.03. The van der Waals surface area contributed by atoms with E-state index in [1.54, 1.807) is 0 Å². The zero-order valence-corrected chi connectivity index (χ0v) is 16.0. The van der Waals surface area contributed by atoms with Gasteiger partial charge in [-0.3, -0.25) is 9.59 Å². The lowest BCUT2D eigenvalue weighted by Crippen LogP contribution is -2.42. The first-order valence-electron chi connectivity index (χ1n) is 8.30. The van der Waals surface area contributed by atoms with Crippen LogP contribution in [0.1, 0.15) is 19.3 Å². The van der Waals surface area contributed by atoms with Crippen LogP contribution in [0.3, 0.4) is 0 Å². The quantitative estimate of drug-likeness (QED) is 0.762. The minimum atomic E-state index is -3.22. The van der Waals surface area contributed by atoms with Crippen molar-refractivity contribution in [3.8, 4) is 5.75 Å². The maximum Gasteiger partial charge on any atom is 0.387 e. The highest BCUT2D eigenvalue weighted by Crippen LogP contribution is 2.29. The number of sulfone groups is 1. The van der Waals surface area contributed by atoms with Crippen molar-refractivity contribution < 1.29 is 31.5 Å². The lowest BCUT2D eigenvalue weighted by atomic mass is 10.1. The van der Waals surface area contributed by atoms with Gasteiger partial charge in [0.2, 0.25) is 5.91 Å². The highest BCUT2D eigenvalue weighted by Gasteiger charge is 2.37. The molecule has 0 aromatic heterocycles. The molecule has 2 aliphatic heterocycles. The zero-order valence-electron chi connectivity index (χ0n) is 14.4. The van der Waals surface area contributed by atoms with Crippen molar-refractivity contribution in [3.63, 3.8) is 0 Å². The fourth-order valence-corrected chi connectivity index (χ4v) is 4.88. The molecule has 3 rings (SSSR count). The fraction of sp³-hybridized carbons (Fsp3) is 0.438. The fourth-order valence-electron chi connectivity index (χ4n) is 2.96. The first kappa shape index (κ1) is 20.5. The average molecular weight is 436 g/mol. The molecule has 2 aliphatic rings. The summed E-state index contributed by atoms with van der Waals surface area (Å²) in [5, 5.41) is 7.54. The predicted molar refractivity (Wildman–Crippen MR) is 97.3 cm³/mol. The van der Waals surface area contributed by atoms with Crippen molar-refractivity contribution in [2.24, 2.45) is 5.10 Å². The largest absolute Gasteiger partial charge is 0.433 e. The standard InChI is InChI=1S/C16H16ClF2N3O5S/c17-11-7-9(1-3-13(11)27-16(18)19)20-15(24)12-2-4-14(23)22(21-12)10-5-6-28(25,26)8-10/h1,3,7,10,16H,2,4-6,8H2,(H,20,24)/t10-/m1/s1. The number of benzene rings is 1. The molecular formula is C16H16ClF2N3O5S. The second-order valence-electron chi connectivity index (χ2n) is 6.32. The molecule has 0 aliphatic carbocycles. The Labute approximate surface area is 164 Å². The Morgan fingerprint density at radius 3 is 2.71 bits per heavy atom.